The summed E-state index contributed by atoms with van der Waals surface area (Å²) >= 11 is 0. The molecule has 0 aromatic heterocycles. The average Bonchev–Trinajstić information content (AvgIpc) is 2.00. The first-order valence-corrected chi connectivity index (χ1v) is 3.77. The van der Waals surface area contributed by atoms with Gasteiger partial charge in [0.1, 0.15) is 0 Å². The number of carboxylic acids is 2. The summed E-state index contributed by atoms with van der Waals surface area (Å²) in [7, 11) is 0. The van der Waals surface area contributed by atoms with E-state index >= 15 is 0 Å². The van der Waals surface area contributed by atoms with Crippen LogP contribution < -0.4 is 28.7 Å². The highest BCUT2D eigenvalue weighted by atomic mass is 16.4. The van der Waals surface area contributed by atoms with Gasteiger partial charge in [0.25, 0.3) is 5.97 Å². The number of rotatable bonds is 1. The molecule has 0 atom stereocenters. The highest BCUT2D eigenvalue weighted by molar-refractivity contribution is 5.72. The van der Waals surface area contributed by atoms with Crippen molar-refractivity contribution in [2.24, 2.45) is 28.7 Å². The number of carbonyl (C=O) groups is 2. The Bertz CT molecular complexity index is 202. The predicted octanol–water partition coefficient (Wildman–Crippen LogP) is -3.20. The maximum Gasteiger partial charge on any atom is 0.317 e. The zero-order valence-corrected chi connectivity index (χ0v) is 9.30. The van der Waals surface area contributed by atoms with E-state index in [-0.39, 0.29) is 18.5 Å². The van der Waals surface area contributed by atoms with Gasteiger partial charge in [0, 0.05) is 6.92 Å². The summed E-state index contributed by atoms with van der Waals surface area (Å²) in [5.74, 6) is -2.47. The Balaban J connectivity index is -0.0000000667. The Morgan fingerprint density at radius 3 is 1.06 bits per heavy atom. The van der Waals surface area contributed by atoms with Crippen LogP contribution in [0.15, 0.2) is 0 Å². The van der Waals surface area contributed by atoms with Crippen molar-refractivity contribution in [1.82, 2.24) is 0 Å². The predicted molar refractivity (Wildman–Crippen MR) is 62.2 cm³/mol. The van der Waals surface area contributed by atoms with Crippen molar-refractivity contribution >= 4 is 23.9 Å². The summed E-state index contributed by atoms with van der Waals surface area (Å²) in [5.41, 5.74) is 22.5. The standard InChI is InChI=1S/C2H5NO2.C2H4O2.2CH5N3/c3-1-2(4)5;1-2(3)4;2*2-1(3)4/h1,3H2,(H,4,5);1H3,(H,3,4);2*(H5,2,3,4). The van der Waals surface area contributed by atoms with E-state index < -0.39 is 11.9 Å². The molecule has 0 rings (SSSR count). The smallest absolute Gasteiger partial charge is 0.317 e. The molecule has 0 bridgehead atoms. The zero-order chi connectivity index (χ0) is 15.0. The molecule has 0 saturated carbocycles. The van der Waals surface area contributed by atoms with Crippen LogP contribution >= 0.6 is 0 Å². The molecule has 11 heteroatoms. The monoisotopic (exact) mass is 253 g/mol. The molecule has 0 amide bonds. The maximum atomic E-state index is 9.24. The lowest BCUT2D eigenvalue weighted by atomic mass is 10.7. The Kier molecular flexibility index (Phi) is 26.9. The average molecular weight is 253 g/mol. The Morgan fingerprint density at radius 2 is 1.06 bits per heavy atom. The van der Waals surface area contributed by atoms with Gasteiger partial charge in [-0.3, -0.25) is 20.4 Å². The van der Waals surface area contributed by atoms with Crippen molar-refractivity contribution in [3.8, 4) is 0 Å². The van der Waals surface area contributed by atoms with Gasteiger partial charge in [-0.1, -0.05) is 0 Å². The number of guanidine groups is 2. The van der Waals surface area contributed by atoms with Crippen LogP contribution in [0.4, 0.5) is 0 Å². The highest BCUT2D eigenvalue weighted by Gasteiger charge is 1.81. The van der Waals surface area contributed by atoms with Crippen LogP contribution in [0.5, 0.6) is 0 Å². The van der Waals surface area contributed by atoms with Crippen molar-refractivity contribution < 1.29 is 19.8 Å². The first-order valence-electron chi connectivity index (χ1n) is 3.77. The van der Waals surface area contributed by atoms with E-state index in [1.807, 2.05) is 0 Å². The van der Waals surface area contributed by atoms with Crippen molar-refractivity contribution in [2.75, 3.05) is 6.54 Å². The van der Waals surface area contributed by atoms with Crippen LogP contribution in [0.3, 0.4) is 0 Å². The fourth-order valence-electron chi connectivity index (χ4n) is 0. The van der Waals surface area contributed by atoms with Crippen molar-refractivity contribution in [3.05, 3.63) is 0 Å². The minimum Gasteiger partial charge on any atom is -0.481 e. The second kappa shape index (κ2) is 19.1. The van der Waals surface area contributed by atoms with E-state index in [9.17, 15) is 4.79 Å². The Hall–Kier alpha value is -2.56. The van der Waals surface area contributed by atoms with Gasteiger partial charge in [-0.25, -0.2) is 0 Å². The van der Waals surface area contributed by atoms with Gasteiger partial charge in [-0.05, 0) is 0 Å². The molecule has 0 fully saturated rings. The minimum atomic E-state index is -0.968. The van der Waals surface area contributed by atoms with Crippen molar-refractivity contribution in [2.45, 2.75) is 6.92 Å². The molecule has 0 unspecified atom stereocenters. The third-order valence-corrected chi connectivity index (χ3v) is 0.175. The van der Waals surface area contributed by atoms with E-state index in [0.717, 1.165) is 6.92 Å². The van der Waals surface area contributed by atoms with Crippen LogP contribution in [-0.2, 0) is 9.59 Å². The molecule has 0 saturated heterocycles. The van der Waals surface area contributed by atoms with E-state index in [4.69, 9.17) is 25.8 Å². The summed E-state index contributed by atoms with van der Waals surface area (Å²) in [6.07, 6.45) is 0. The number of aliphatic carboxylic acids is 2. The fraction of sp³-hybridized carbons (Fsp3) is 0.333. The molecule has 0 aromatic rings. The lowest BCUT2D eigenvalue weighted by molar-refractivity contribution is -0.136. The molecule has 0 spiro atoms. The highest BCUT2D eigenvalue weighted by Crippen LogP contribution is 1.43. The molecule has 0 radical (unpaired) electrons. The number of hydrogen-bond acceptors (Lipinski definition) is 5. The fourth-order valence-corrected chi connectivity index (χ4v) is 0. The van der Waals surface area contributed by atoms with Gasteiger partial charge in [0.05, 0.1) is 6.54 Å². The van der Waals surface area contributed by atoms with E-state index in [0.29, 0.717) is 0 Å². The van der Waals surface area contributed by atoms with Gasteiger partial charge in [-0.15, -0.1) is 0 Å². The Labute approximate surface area is 97.6 Å². The van der Waals surface area contributed by atoms with Gasteiger partial charge in [0.15, 0.2) is 11.9 Å². The van der Waals surface area contributed by atoms with Crippen LogP contribution in [0.1, 0.15) is 6.92 Å². The SMILES string of the molecule is CC(=O)O.N=C(N)N.N=C(N)N.NCC(=O)O. The summed E-state index contributed by atoms with van der Waals surface area (Å²) in [6, 6.07) is 0. The van der Waals surface area contributed by atoms with Gasteiger partial charge in [0.2, 0.25) is 0 Å². The second-order valence-electron chi connectivity index (χ2n) is 2.03. The minimum absolute atomic E-state index is 0.278. The van der Waals surface area contributed by atoms with Crippen LogP contribution in [0.2, 0.25) is 0 Å². The molecule has 0 heterocycles. The largest absolute Gasteiger partial charge is 0.481 e. The van der Waals surface area contributed by atoms with Crippen molar-refractivity contribution in [1.29, 1.82) is 10.8 Å². The maximum absolute atomic E-state index is 9.24. The summed E-state index contributed by atoms with van der Waals surface area (Å²) in [5, 5.41) is 27.1. The molecule has 17 heavy (non-hydrogen) atoms. The zero-order valence-electron chi connectivity index (χ0n) is 9.30. The molecule has 0 aliphatic heterocycles. The number of nitrogens with one attached hydrogen (secondary N) is 2. The number of carboxylic acid groups (broad SMARTS) is 2. The lowest BCUT2D eigenvalue weighted by Crippen LogP contribution is -2.20. The number of hydrogen-bond donors (Lipinski definition) is 9. The quantitative estimate of drug-likeness (QED) is 0.168. The van der Waals surface area contributed by atoms with Crippen LogP contribution in [-0.4, -0.2) is 40.6 Å². The third kappa shape index (κ3) is 5610. The second-order valence-corrected chi connectivity index (χ2v) is 2.03. The Morgan fingerprint density at radius 1 is 1.00 bits per heavy atom. The molecule has 0 aliphatic rings. The molecular weight excluding hydrogens is 234 g/mol. The van der Waals surface area contributed by atoms with Gasteiger partial charge in [-0.2, -0.15) is 0 Å². The van der Waals surface area contributed by atoms with Gasteiger partial charge >= 0.3 is 5.97 Å². The first-order chi connectivity index (χ1) is 7.47. The molecular formula is C6H19N7O4. The number of nitrogens with two attached hydrogens (primary N) is 5. The summed E-state index contributed by atoms with van der Waals surface area (Å²) in [4.78, 5) is 18.2. The van der Waals surface area contributed by atoms with Gasteiger partial charge < -0.3 is 38.9 Å². The van der Waals surface area contributed by atoms with Crippen LogP contribution in [0.25, 0.3) is 0 Å². The van der Waals surface area contributed by atoms with Crippen molar-refractivity contribution in [3.63, 3.8) is 0 Å². The molecule has 102 valence electrons. The lowest BCUT2D eigenvalue weighted by Gasteiger charge is -1.73. The summed E-state index contributed by atoms with van der Waals surface area (Å²) < 4.78 is 0. The molecule has 14 N–H and O–H groups in total. The van der Waals surface area contributed by atoms with Crippen LogP contribution in [0, 0.1) is 10.8 Å². The normalized spacial score (nSPS) is 6.47. The van der Waals surface area contributed by atoms with E-state index in [2.05, 4.69) is 28.7 Å². The molecule has 0 aromatic carbocycles. The topological polar surface area (TPSA) is 252 Å². The molecule has 0 aliphatic carbocycles. The summed E-state index contributed by atoms with van der Waals surface area (Å²) in [6.45, 7) is 0.806. The first kappa shape index (κ1) is 23.9. The third-order valence-electron chi connectivity index (χ3n) is 0.175. The molecule has 11 nitrogen and oxygen atoms in total. The van der Waals surface area contributed by atoms with E-state index in [1.165, 1.54) is 0 Å². The van der Waals surface area contributed by atoms with E-state index in [1.54, 1.807) is 0 Å².